The van der Waals surface area contributed by atoms with Crippen LogP contribution >= 0.6 is 11.3 Å². The van der Waals surface area contributed by atoms with Gasteiger partial charge in [0.25, 0.3) is 0 Å². The average Bonchev–Trinajstić information content (AvgIpc) is 3.95. The van der Waals surface area contributed by atoms with E-state index in [4.69, 9.17) is 19.4 Å². The molecule has 0 bridgehead atoms. The molecule has 266 valence electrons. The number of nitrogens with zero attached hydrogens (tertiary/aromatic N) is 4. The van der Waals surface area contributed by atoms with Gasteiger partial charge in [0.2, 0.25) is 0 Å². The Morgan fingerprint density at radius 1 is 0.386 bits per heavy atom. The largest absolute Gasteiger partial charge is 0.455 e. The van der Waals surface area contributed by atoms with E-state index in [1.807, 2.05) is 84.1 Å². The minimum Gasteiger partial charge on any atom is -0.455 e. The number of hydrogen-bond donors (Lipinski definition) is 0. The van der Waals surface area contributed by atoms with Crippen LogP contribution in [0.4, 0.5) is 0 Å². The molecule has 8 aromatic carbocycles. The third-order valence-electron chi connectivity index (χ3n) is 11.1. The molecule has 12 aromatic rings. The molecular weight excluding hydrogens is 717 g/mol. The van der Waals surface area contributed by atoms with Crippen molar-refractivity contribution in [2.24, 2.45) is 0 Å². The van der Waals surface area contributed by atoms with Crippen molar-refractivity contribution in [3.63, 3.8) is 0 Å². The molecule has 0 N–H and O–H groups in total. The topological polar surface area (TPSA) is 56.7 Å². The Bertz CT molecular complexity index is 3420. The van der Waals surface area contributed by atoms with E-state index in [-0.39, 0.29) is 0 Å². The van der Waals surface area contributed by atoms with Gasteiger partial charge in [-0.1, -0.05) is 133 Å². The number of thiophene rings is 1. The molecule has 0 spiro atoms. The maximum atomic E-state index is 6.66. The highest BCUT2D eigenvalue weighted by Gasteiger charge is 2.18. The fourth-order valence-corrected chi connectivity index (χ4v) is 9.55. The monoisotopic (exact) mass is 746 g/mol. The molecule has 0 fully saturated rings. The summed E-state index contributed by atoms with van der Waals surface area (Å²) in [5, 5.41) is 7.14. The van der Waals surface area contributed by atoms with Crippen LogP contribution in [0.3, 0.4) is 0 Å². The van der Waals surface area contributed by atoms with Crippen LogP contribution in [0, 0.1) is 0 Å². The van der Waals surface area contributed by atoms with Gasteiger partial charge in [0.1, 0.15) is 11.2 Å². The van der Waals surface area contributed by atoms with Gasteiger partial charge in [0, 0.05) is 69.7 Å². The van der Waals surface area contributed by atoms with Gasteiger partial charge >= 0.3 is 0 Å². The van der Waals surface area contributed by atoms with Gasteiger partial charge in [0.05, 0.1) is 11.0 Å². The summed E-state index contributed by atoms with van der Waals surface area (Å²) >= 11 is 1.84. The predicted molar refractivity (Wildman–Crippen MR) is 236 cm³/mol. The number of rotatable bonds is 5. The van der Waals surface area contributed by atoms with Gasteiger partial charge < -0.3 is 8.98 Å². The molecule has 12 rings (SSSR count). The normalized spacial score (nSPS) is 11.9. The fourth-order valence-electron chi connectivity index (χ4n) is 8.38. The lowest BCUT2D eigenvalue weighted by Crippen LogP contribution is -2.00. The lowest BCUT2D eigenvalue weighted by molar-refractivity contribution is 0.670. The Morgan fingerprint density at radius 2 is 0.947 bits per heavy atom. The van der Waals surface area contributed by atoms with Crippen molar-refractivity contribution in [2.45, 2.75) is 0 Å². The predicted octanol–water partition coefficient (Wildman–Crippen LogP) is 13.9. The number of para-hydroxylation sites is 3. The third kappa shape index (κ3) is 5.12. The average molecular weight is 747 g/mol. The van der Waals surface area contributed by atoms with Crippen molar-refractivity contribution in [1.29, 1.82) is 0 Å². The Hall–Kier alpha value is -7.41. The number of hydrogen-bond acceptors (Lipinski definition) is 5. The maximum absolute atomic E-state index is 6.66. The SMILES string of the molecule is c1ccc(-c2nc(-c3ccccc3)nc(-c3ccc4oc5c(-c6ccc7c(c6)sc6cc(-n8c9ccccc9c9ccccc98)ccc67)cccc5c4c3)n2)cc1. The minimum absolute atomic E-state index is 0.617. The first kappa shape index (κ1) is 31.9. The van der Waals surface area contributed by atoms with Crippen LogP contribution in [0.1, 0.15) is 0 Å². The summed E-state index contributed by atoms with van der Waals surface area (Å²) in [6.45, 7) is 0. The van der Waals surface area contributed by atoms with E-state index >= 15 is 0 Å². The highest BCUT2D eigenvalue weighted by molar-refractivity contribution is 7.25. The van der Waals surface area contributed by atoms with Crippen molar-refractivity contribution in [3.8, 4) is 51.0 Å². The van der Waals surface area contributed by atoms with Crippen molar-refractivity contribution >= 4 is 75.3 Å². The first-order valence-corrected chi connectivity index (χ1v) is 19.8. The molecule has 0 unspecified atom stereocenters. The van der Waals surface area contributed by atoms with Crippen LogP contribution in [0.2, 0.25) is 0 Å². The van der Waals surface area contributed by atoms with Crippen LogP contribution in [-0.4, -0.2) is 19.5 Å². The summed E-state index contributed by atoms with van der Waals surface area (Å²) in [7, 11) is 0. The van der Waals surface area contributed by atoms with Gasteiger partial charge in [-0.2, -0.15) is 0 Å². The van der Waals surface area contributed by atoms with Gasteiger partial charge in [-0.3, -0.25) is 0 Å². The molecule has 0 aliphatic carbocycles. The molecule has 0 saturated heterocycles. The maximum Gasteiger partial charge on any atom is 0.164 e. The molecular formula is C51H30N4OS. The Labute approximate surface area is 330 Å². The van der Waals surface area contributed by atoms with E-state index in [0.29, 0.717) is 17.5 Å². The molecule has 0 aliphatic heterocycles. The molecule has 4 heterocycles. The summed E-state index contributed by atoms with van der Waals surface area (Å²) in [5.74, 6) is 1.89. The molecule has 0 saturated carbocycles. The van der Waals surface area contributed by atoms with E-state index in [0.717, 1.165) is 49.8 Å². The second-order valence-electron chi connectivity index (χ2n) is 14.4. The summed E-state index contributed by atoms with van der Waals surface area (Å²) in [4.78, 5) is 14.8. The first-order valence-electron chi connectivity index (χ1n) is 19.0. The quantitative estimate of drug-likeness (QED) is 0.176. The van der Waals surface area contributed by atoms with Crippen LogP contribution in [0.25, 0.3) is 115 Å². The molecule has 0 amide bonds. The molecule has 57 heavy (non-hydrogen) atoms. The van der Waals surface area contributed by atoms with Crippen LogP contribution in [0.5, 0.6) is 0 Å². The van der Waals surface area contributed by atoms with Gasteiger partial charge in [0.15, 0.2) is 17.5 Å². The van der Waals surface area contributed by atoms with Crippen molar-refractivity contribution in [1.82, 2.24) is 19.5 Å². The van der Waals surface area contributed by atoms with Crippen molar-refractivity contribution in [3.05, 3.63) is 182 Å². The van der Waals surface area contributed by atoms with Gasteiger partial charge in [-0.05, 0) is 54.1 Å². The highest BCUT2D eigenvalue weighted by atomic mass is 32.1. The molecule has 6 heteroatoms. The van der Waals surface area contributed by atoms with Crippen molar-refractivity contribution in [2.75, 3.05) is 0 Å². The second kappa shape index (κ2) is 12.6. The van der Waals surface area contributed by atoms with Crippen LogP contribution in [-0.2, 0) is 0 Å². The second-order valence-corrected chi connectivity index (χ2v) is 15.5. The van der Waals surface area contributed by atoms with E-state index in [2.05, 4.69) is 114 Å². The Kier molecular flexibility index (Phi) is 7.03. The number of aromatic nitrogens is 4. The summed E-state index contributed by atoms with van der Waals surface area (Å²) in [6.07, 6.45) is 0. The number of fused-ring (bicyclic) bond motifs is 9. The zero-order valence-corrected chi connectivity index (χ0v) is 31.2. The Balaban J connectivity index is 0.958. The summed E-state index contributed by atoms with van der Waals surface area (Å²) < 4.78 is 11.6. The highest BCUT2D eigenvalue weighted by Crippen LogP contribution is 2.42. The lowest BCUT2D eigenvalue weighted by Gasteiger charge is -2.08. The lowest BCUT2D eigenvalue weighted by atomic mass is 10.0. The smallest absolute Gasteiger partial charge is 0.164 e. The zero-order chi connectivity index (χ0) is 37.5. The van der Waals surface area contributed by atoms with E-state index in [1.54, 1.807) is 0 Å². The molecule has 4 aromatic heterocycles. The summed E-state index contributed by atoms with van der Waals surface area (Å²) in [6, 6.07) is 63.8. The van der Waals surface area contributed by atoms with E-state index in [9.17, 15) is 0 Å². The molecule has 0 radical (unpaired) electrons. The van der Waals surface area contributed by atoms with E-state index < -0.39 is 0 Å². The van der Waals surface area contributed by atoms with Crippen LogP contribution in [0.15, 0.2) is 186 Å². The van der Waals surface area contributed by atoms with Crippen LogP contribution < -0.4 is 0 Å². The number of benzene rings is 8. The fraction of sp³-hybridized carbons (Fsp3) is 0. The van der Waals surface area contributed by atoms with Gasteiger partial charge in [-0.25, -0.2) is 15.0 Å². The van der Waals surface area contributed by atoms with E-state index in [1.165, 1.54) is 47.7 Å². The summed E-state index contributed by atoms with van der Waals surface area (Å²) in [5.41, 5.74) is 10.3. The van der Waals surface area contributed by atoms with Crippen molar-refractivity contribution < 1.29 is 4.42 Å². The molecule has 5 nitrogen and oxygen atoms in total. The third-order valence-corrected chi connectivity index (χ3v) is 12.2. The first-order chi connectivity index (χ1) is 28.2. The molecule has 0 atom stereocenters. The minimum atomic E-state index is 0.617. The zero-order valence-electron chi connectivity index (χ0n) is 30.4. The van der Waals surface area contributed by atoms with Gasteiger partial charge in [-0.15, -0.1) is 11.3 Å². The standard InChI is InChI=1S/C51H30N4OS/c1-3-12-31(13-4-1)49-52-50(32-14-5-2-6-15-32)54-51(53-49)34-23-27-45-42(28-34)41-19-11-18-36(48(41)56-45)33-22-25-39-40-26-24-35(30-47(40)57-46(39)29-33)55-43-20-9-7-16-37(43)38-17-8-10-21-44(38)55/h1-30H. The molecule has 0 aliphatic rings. The number of furan rings is 1. The Morgan fingerprint density at radius 3 is 1.63 bits per heavy atom.